The standard InChI is InChI=1S/C21H26N2O3/c1-15(21(24)22-16-8-5-4-6-9-16)23-13-7-10-19(23)18-12-11-17(25-2)14-20(18)26-3/h4-6,8-9,11-12,14-15,19H,7,10,13H2,1-3H3,(H,22,24)/t15-,19+/m0/s1. The fourth-order valence-corrected chi connectivity index (χ4v) is 3.60. The molecule has 3 rings (SSSR count). The van der Waals surface area contributed by atoms with Crippen LogP contribution in [0.2, 0.25) is 0 Å². The van der Waals surface area contributed by atoms with E-state index in [2.05, 4.69) is 10.2 Å². The normalized spacial score (nSPS) is 18.3. The molecule has 1 aliphatic heterocycles. The number of nitrogens with zero attached hydrogens (tertiary/aromatic N) is 1. The molecule has 0 aromatic heterocycles. The van der Waals surface area contributed by atoms with E-state index in [9.17, 15) is 4.79 Å². The van der Waals surface area contributed by atoms with Crippen LogP contribution in [-0.4, -0.2) is 37.6 Å². The summed E-state index contributed by atoms with van der Waals surface area (Å²) >= 11 is 0. The zero-order chi connectivity index (χ0) is 18.5. The van der Waals surface area contributed by atoms with Crippen molar-refractivity contribution >= 4 is 11.6 Å². The number of benzene rings is 2. The molecule has 0 spiro atoms. The average molecular weight is 354 g/mol. The van der Waals surface area contributed by atoms with Crippen LogP contribution < -0.4 is 14.8 Å². The predicted octanol–water partition coefficient (Wildman–Crippen LogP) is 3.87. The van der Waals surface area contributed by atoms with Gasteiger partial charge in [0.2, 0.25) is 5.91 Å². The number of likely N-dealkylation sites (tertiary alicyclic amines) is 1. The number of rotatable bonds is 6. The fraction of sp³-hybridized carbons (Fsp3) is 0.381. The van der Waals surface area contributed by atoms with E-state index in [-0.39, 0.29) is 18.0 Å². The first-order valence-corrected chi connectivity index (χ1v) is 8.97. The van der Waals surface area contributed by atoms with E-state index in [1.165, 1.54) is 0 Å². The van der Waals surface area contributed by atoms with Gasteiger partial charge in [0.25, 0.3) is 0 Å². The molecule has 2 aromatic rings. The van der Waals surface area contributed by atoms with Crippen molar-refractivity contribution in [3.05, 3.63) is 54.1 Å². The van der Waals surface area contributed by atoms with Crippen LogP contribution in [0.4, 0.5) is 5.69 Å². The molecular weight excluding hydrogens is 328 g/mol. The number of hydrogen-bond donors (Lipinski definition) is 1. The first-order chi connectivity index (χ1) is 12.6. The number of nitrogens with one attached hydrogen (secondary N) is 1. The minimum absolute atomic E-state index is 0.00979. The molecule has 1 amide bonds. The molecular formula is C21H26N2O3. The molecule has 1 heterocycles. The smallest absolute Gasteiger partial charge is 0.241 e. The van der Waals surface area contributed by atoms with Crippen molar-refractivity contribution in [1.82, 2.24) is 4.90 Å². The van der Waals surface area contributed by atoms with Gasteiger partial charge in [-0.15, -0.1) is 0 Å². The number of ether oxygens (including phenoxy) is 2. The van der Waals surface area contributed by atoms with Crippen LogP contribution >= 0.6 is 0 Å². The minimum atomic E-state index is -0.227. The van der Waals surface area contributed by atoms with Gasteiger partial charge < -0.3 is 14.8 Å². The first-order valence-electron chi connectivity index (χ1n) is 8.97. The van der Waals surface area contributed by atoms with Gasteiger partial charge in [0, 0.05) is 23.4 Å². The Balaban J connectivity index is 1.78. The molecule has 1 N–H and O–H groups in total. The van der Waals surface area contributed by atoms with E-state index in [4.69, 9.17) is 9.47 Å². The minimum Gasteiger partial charge on any atom is -0.497 e. The number of para-hydroxylation sites is 1. The van der Waals surface area contributed by atoms with Gasteiger partial charge in [-0.25, -0.2) is 0 Å². The summed E-state index contributed by atoms with van der Waals surface area (Å²) in [6.45, 7) is 2.86. The summed E-state index contributed by atoms with van der Waals surface area (Å²) in [6, 6.07) is 15.4. The summed E-state index contributed by atoms with van der Waals surface area (Å²) in [7, 11) is 3.31. The van der Waals surface area contributed by atoms with Crippen LogP contribution in [0.1, 0.15) is 31.4 Å². The maximum absolute atomic E-state index is 12.7. The number of hydrogen-bond acceptors (Lipinski definition) is 4. The Morgan fingerprint density at radius 1 is 1.15 bits per heavy atom. The maximum Gasteiger partial charge on any atom is 0.241 e. The quantitative estimate of drug-likeness (QED) is 0.856. The molecule has 2 aromatic carbocycles. The van der Waals surface area contributed by atoms with Crippen LogP contribution in [0.15, 0.2) is 48.5 Å². The Hall–Kier alpha value is -2.53. The Morgan fingerprint density at radius 2 is 1.92 bits per heavy atom. The van der Waals surface area contributed by atoms with Crippen LogP contribution in [0.5, 0.6) is 11.5 Å². The molecule has 0 radical (unpaired) electrons. The lowest BCUT2D eigenvalue weighted by atomic mass is 10.0. The largest absolute Gasteiger partial charge is 0.497 e. The SMILES string of the molecule is COc1ccc([C@H]2CCCN2[C@@H](C)C(=O)Nc2ccccc2)c(OC)c1. The second kappa shape index (κ2) is 8.23. The summed E-state index contributed by atoms with van der Waals surface area (Å²) in [5, 5.41) is 3.01. The molecule has 138 valence electrons. The van der Waals surface area contributed by atoms with Gasteiger partial charge in [0.15, 0.2) is 0 Å². The topological polar surface area (TPSA) is 50.8 Å². The molecule has 1 fully saturated rings. The Labute approximate surface area is 154 Å². The van der Waals surface area contributed by atoms with Crippen LogP contribution in [0.3, 0.4) is 0 Å². The van der Waals surface area contributed by atoms with Gasteiger partial charge >= 0.3 is 0 Å². The summed E-state index contributed by atoms with van der Waals surface area (Å²) in [5.41, 5.74) is 1.92. The summed E-state index contributed by atoms with van der Waals surface area (Å²) in [4.78, 5) is 15.0. The third-order valence-electron chi connectivity index (χ3n) is 5.01. The zero-order valence-corrected chi connectivity index (χ0v) is 15.6. The third kappa shape index (κ3) is 3.83. The molecule has 1 aliphatic rings. The van der Waals surface area contributed by atoms with Crippen molar-refractivity contribution in [3.63, 3.8) is 0 Å². The van der Waals surface area contributed by atoms with E-state index < -0.39 is 0 Å². The lowest BCUT2D eigenvalue weighted by Crippen LogP contribution is -2.41. The average Bonchev–Trinajstić information content (AvgIpc) is 3.17. The number of methoxy groups -OCH3 is 2. The Kier molecular flexibility index (Phi) is 5.78. The van der Waals surface area contributed by atoms with Gasteiger partial charge in [-0.3, -0.25) is 9.69 Å². The van der Waals surface area contributed by atoms with Gasteiger partial charge in [-0.1, -0.05) is 24.3 Å². The van der Waals surface area contributed by atoms with Crippen molar-refractivity contribution in [2.75, 3.05) is 26.1 Å². The molecule has 0 aliphatic carbocycles. The van der Waals surface area contributed by atoms with Crippen molar-refractivity contribution < 1.29 is 14.3 Å². The lowest BCUT2D eigenvalue weighted by Gasteiger charge is -2.31. The molecule has 0 unspecified atom stereocenters. The number of carbonyl (C=O) groups excluding carboxylic acids is 1. The van der Waals surface area contributed by atoms with Crippen LogP contribution in [-0.2, 0) is 4.79 Å². The van der Waals surface area contributed by atoms with Crippen molar-refractivity contribution in [1.29, 1.82) is 0 Å². The highest BCUT2D eigenvalue weighted by molar-refractivity contribution is 5.94. The third-order valence-corrected chi connectivity index (χ3v) is 5.01. The molecule has 5 nitrogen and oxygen atoms in total. The van der Waals surface area contributed by atoms with E-state index in [0.29, 0.717) is 0 Å². The van der Waals surface area contributed by atoms with Crippen molar-refractivity contribution in [2.24, 2.45) is 0 Å². The second-order valence-corrected chi connectivity index (χ2v) is 6.53. The maximum atomic E-state index is 12.7. The van der Waals surface area contributed by atoms with E-state index in [0.717, 1.165) is 42.1 Å². The van der Waals surface area contributed by atoms with E-state index in [1.54, 1.807) is 14.2 Å². The van der Waals surface area contributed by atoms with Crippen molar-refractivity contribution in [2.45, 2.75) is 31.8 Å². The molecule has 26 heavy (non-hydrogen) atoms. The Bertz CT molecular complexity index is 748. The molecule has 1 saturated heterocycles. The Morgan fingerprint density at radius 3 is 2.62 bits per heavy atom. The monoisotopic (exact) mass is 354 g/mol. The number of carbonyl (C=O) groups is 1. The van der Waals surface area contributed by atoms with E-state index >= 15 is 0 Å². The fourth-order valence-electron chi connectivity index (χ4n) is 3.60. The summed E-state index contributed by atoms with van der Waals surface area (Å²) < 4.78 is 10.9. The number of amides is 1. The second-order valence-electron chi connectivity index (χ2n) is 6.53. The lowest BCUT2D eigenvalue weighted by molar-refractivity contribution is -0.121. The molecule has 0 bridgehead atoms. The van der Waals surface area contributed by atoms with Crippen LogP contribution in [0, 0.1) is 0 Å². The van der Waals surface area contributed by atoms with Crippen molar-refractivity contribution in [3.8, 4) is 11.5 Å². The predicted molar refractivity (Wildman–Crippen MR) is 103 cm³/mol. The highest BCUT2D eigenvalue weighted by Crippen LogP contribution is 2.39. The highest BCUT2D eigenvalue weighted by atomic mass is 16.5. The van der Waals surface area contributed by atoms with Crippen LogP contribution in [0.25, 0.3) is 0 Å². The van der Waals surface area contributed by atoms with Gasteiger partial charge in [0.1, 0.15) is 11.5 Å². The summed E-state index contributed by atoms with van der Waals surface area (Å²) in [5.74, 6) is 1.58. The van der Waals surface area contributed by atoms with Gasteiger partial charge in [-0.05, 0) is 44.5 Å². The molecule has 2 atom stereocenters. The molecule has 0 saturated carbocycles. The molecule has 5 heteroatoms. The van der Waals surface area contributed by atoms with Gasteiger partial charge in [-0.2, -0.15) is 0 Å². The first kappa shape index (κ1) is 18.3. The zero-order valence-electron chi connectivity index (χ0n) is 15.6. The summed E-state index contributed by atoms with van der Waals surface area (Å²) in [6.07, 6.45) is 2.06. The van der Waals surface area contributed by atoms with E-state index in [1.807, 2.05) is 55.5 Å². The highest BCUT2D eigenvalue weighted by Gasteiger charge is 2.34. The van der Waals surface area contributed by atoms with Gasteiger partial charge in [0.05, 0.1) is 20.3 Å². The number of anilines is 1.